The van der Waals surface area contributed by atoms with Crippen LogP contribution in [-0.4, -0.2) is 45.3 Å². The van der Waals surface area contributed by atoms with Crippen LogP contribution in [0.15, 0.2) is 60.7 Å². The van der Waals surface area contributed by atoms with E-state index in [9.17, 15) is 4.79 Å². The van der Waals surface area contributed by atoms with Gasteiger partial charge in [-0.05, 0) is 12.1 Å². The van der Waals surface area contributed by atoms with Crippen LogP contribution in [0.4, 0.5) is 10.5 Å². The number of amides is 2. The van der Waals surface area contributed by atoms with E-state index >= 15 is 0 Å². The number of benzene rings is 2. The Balaban J connectivity index is 1.31. The molecule has 5 nitrogen and oxygen atoms in total. The van der Waals surface area contributed by atoms with E-state index in [0.29, 0.717) is 6.54 Å². The molecule has 1 heterocycles. The molecular weight excluding hydrogens is 312 g/mol. The van der Waals surface area contributed by atoms with E-state index < -0.39 is 0 Å². The van der Waals surface area contributed by atoms with Gasteiger partial charge < -0.3 is 20.4 Å². The largest absolute Gasteiger partial charge is 0.332 e. The third kappa shape index (κ3) is 5.89. The molecule has 0 saturated carbocycles. The highest BCUT2D eigenvalue weighted by Crippen LogP contribution is 2.03. The summed E-state index contributed by atoms with van der Waals surface area (Å²) in [5, 5.41) is 5.80. The first-order valence-corrected chi connectivity index (χ1v) is 9.10. The average molecular weight is 340 g/mol. The zero-order chi connectivity index (χ0) is 17.3. The first kappa shape index (κ1) is 17.5. The lowest BCUT2D eigenvalue weighted by atomic mass is 10.2. The lowest BCUT2D eigenvalue weighted by molar-refractivity contribution is -1.02. The maximum atomic E-state index is 11.9. The number of para-hydroxylation sites is 1. The first-order chi connectivity index (χ1) is 12.3. The van der Waals surface area contributed by atoms with Gasteiger partial charge in [-0.25, -0.2) is 4.79 Å². The van der Waals surface area contributed by atoms with E-state index in [1.807, 2.05) is 30.3 Å². The summed E-state index contributed by atoms with van der Waals surface area (Å²) in [7, 11) is 0. The zero-order valence-electron chi connectivity index (χ0n) is 14.6. The highest BCUT2D eigenvalue weighted by atomic mass is 16.2. The van der Waals surface area contributed by atoms with Crippen molar-refractivity contribution in [3.63, 3.8) is 0 Å². The molecule has 1 aliphatic rings. The number of hydrogen-bond donors (Lipinski definition) is 4. The predicted molar refractivity (Wildman–Crippen MR) is 99.9 cm³/mol. The van der Waals surface area contributed by atoms with Gasteiger partial charge in [-0.1, -0.05) is 48.5 Å². The molecule has 0 atom stereocenters. The number of rotatable bonds is 6. The van der Waals surface area contributed by atoms with Crippen molar-refractivity contribution in [2.45, 2.75) is 6.54 Å². The van der Waals surface area contributed by atoms with E-state index in [0.717, 1.165) is 18.8 Å². The molecule has 2 aromatic rings. The van der Waals surface area contributed by atoms with Crippen molar-refractivity contribution in [2.75, 3.05) is 44.6 Å². The number of carbonyl (C=O) groups excluding carboxylic acids is 1. The molecule has 1 fully saturated rings. The fraction of sp³-hybridized carbons (Fsp3) is 0.350. The third-order valence-electron chi connectivity index (χ3n) is 4.76. The molecule has 5 heteroatoms. The minimum absolute atomic E-state index is 0.126. The van der Waals surface area contributed by atoms with Gasteiger partial charge in [-0.15, -0.1) is 0 Å². The van der Waals surface area contributed by atoms with Gasteiger partial charge in [0.1, 0.15) is 32.7 Å². The number of nitrogens with one attached hydrogen (secondary N) is 4. The van der Waals surface area contributed by atoms with Gasteiger partial charge in [0.05, 0.1) is 13.1 Å². The van der Waals surface area contributed by atoms with Gasteiger partial charge >= 0.3 is 6.03 Å². The molecular formula is C20H28N4O+2. The fourth-order valence-corrected chi connectivity index (χ4v) is 3.32. The Hall–Kier alpha value is -2.37. The van der Waals surface area contributed by atoms with Gasteiger partial charge in [0, 0.05) is 11.3 Å². The number of urea groups is 1. The van der Waals surface area contributed by atoms with Crippen LogP contribution in [0.1, 0.15) is 5.56 Å². The number of quaternary nitrogens is 2. The Morgan fingerprint density at radius 1 is 0.840 bits per heavy atom. The van der Waals surface area contributed by atoms with E-state index in [-0.39, 0.29) is 6.03 Å². The quantitative estimate of drug-likeness (QED) is 0.578. The van der Waals surface area contributed by atoms with E-state index in [2.05, 4.69) is 41.0 Å². The highest BCUT2D eigenvalue weighted by molar-refractivity contribution is 5.89. The summed E-state index contributed by atoms with van der Waals surface area (Å²) in [5.74, 6) is 0. The van der Waals surface area contributed by atoms with Crippen molar-refractivity contribution in [3.8, 4) is 0 Å². The summed E-state index contributed by atoms with van der Waals surface area (Å²) in [5.41, 5.74) is 2.24. The number of anilines is 1. The summed E-state index contributed by atoms with van der Waals surface area (Å²) in [4.78, 5) is 15.1. The maximum Gasteiger partial charge on any atom is 0.319 e. The standard InChI is InChI=1S/C20H26N4O/c25-20(22-19-9-5-2-6-10-19)21-11-12-23-13-15-24(16-14-23)17-18-7-3-1-4-8-18/h1-10H,11-17H2,(H2,21,22,25)/p+2. The minimum Gasteiger partial charge on any atom is -0.332 e. The van der Waals surface area contributed by atoms with Crippen molar-refractivity contribution in [2.24, 2.45) is 0 Å². The molecule has 2 amide bonds. The van der Waals surface area contributed by atoms with Crippen LogP contribution in [0.2, 0.25) is 0 Å². The molecule has 0 radical (unpaired) electrons. The van der Waals surface area contributed by atoms with Crippen molar-refractivity contribution in [1.29, 1.82) is 0 Å². The fourth-order valence-electron chi connectivity index (χ4n) is 3.32. The molecule has 0 aliphatic carbocycles. The third-order valence-corrected chi connectivity index (χ3v) is 4.76. The maximum absolute atomic E-state index is 11.9. The average Bonchev–Trinajstić information content (AvgIpc) is 2.65. The molecule has 0 unspecified atom stereocenters. The monoisotopic (exact) mass is 340 g/mol. The molecule has 132 valence electrons. The van der Waals surface area contributed by atoms with Gasteiger partial charge in [0.15, 0.2) is 0 Å². The second kappa shape index (κ2) is 9.20. The van der Waals surface area contributed by atoms with Crippen LogP contribution >= 0.6 is 0 Å². The lowest BCUT2D eigenvalue weighted by Gasteiger charge is -2.29. The van der Waals surface area contributed by atoms with Crippen molar-refractivity contribution in [3.05, 3.63) is 66.2 Å². The van der Waals surface area contributed by atoms with Crippen LogP contribution in [0, 0.1) is 0 Å². The summed E-state index contributed by atoms with van der Waals surface area (Å²) < 4.78 is 0. The predicted octanol–water partition coefficient (Wildman–Crippen LogP) is -0.208. The summed E-state index contributed by atoms with van der Waals surface area (Å²) in [6.45, 7) is 7.55. The molecule has 3 rings (SSSR count). The molecule has 0 spiro atoms. The Morgan fingerprint density at radius 2 is 1.44 bits per heavy atom. The molecule has 4 N–H and O–H groups in total. The second-order valence-electron chi connectivity index (χ2n) is 6.66. The highest BCUT2D eigenvalue weighted by Gasteiger charge is 2.22. The summed E-state index contributed by atoms with van der Waals surface area (Å²) in [6.07, 6.45) is 0. The van der Waals surface area contributed by atoms with E-state index in [1.165, 1.54) is 31.7 Å². The first-order valence-electron chi connectivity index (χ1n) is 9.10. The Morgan fingerprint density at radius 3 is 2.12 bits per heavy atom. The van der Waals surface area contributed by atoms with Gasteiger partial charge in [-0.3, -0.25) is 0 Å². The molecule has 0 bridgehead atoms. The normalized spacial score (nSPS) is 20.0. The van der Waals surface area contributed by atoms with Crippen molar-refractivity contribution in [1.82, 2.24) is 5.32 Å². The Kier molecular flexibility index (Phi) is 6.42. The molecule has 1 saturated heterocycles. The van der Waals surface area contributed by atoms with Crippen molar-refractivity contribution < 1.29 is 14.6 Å². The molecule has 0 aromatic heterocycles. The zero-order valence-corrected chi connectivity index (χ0v) is 14.6. The van der Waals surface area contributed by atoms with Gasteiger partial charge in [0.2, 0.25) is 0 Å². The SMILES string of the molecule is O=C(NCC[NH+]1CC[NH+](Cc2ccccc2)CC1)Nc1ccccc1. The van der Waals surface area contributed by atoms with Crippen LogP contribution < -0.4 is 20.4 Å². The second-order valence-corrected chi connectivity index (χ2v) is 6.66. The number of piperazine rings is 1. The van der Waals surface area contributed by atoms with Crippen LogP contribution in [0.5, 0.6) is 0 Å². The smallest absolute Gasteiger partial charge is 0.319 e. The van der Waals surface area contributed by atoms with Gasteiger partial charge in [0.25, 0.3) is 0 Å². The lowest BCUT2D eigenvalue weighted by Crippen LogP contribution is -3.27. The molecule has 2 aromatic carbocycles. The van der Waals surface area contributed by atoms with Crippen LogP contribution in [0.25, 0.3) is 0 Å². The van der Waals surface area contributed by atoms with Crippen LogP contribution in [0.3, 0.4) is 0 Å². The molecule has 25 heavy (non-hydrogen) atoms. The molecule has 1 aliphatic heterocycles. The number of carbonyl (C=O) groups is 1. The number of hydrogen-bond acceptors (Lipinski definition) is 1. The summed E-state index contributed by atoms with van der Waals surface area (Å²) >= 11 is 0. The Bertz CT molecular complexity index is 639. The minimum atomic E-state index is -0.126. The van der Waals surface area contributed by atoms with E-state index in [1.54, 1.807) is 9.80 Å². The topological polar surface area (TPSA) is 50.0 Å². The van der Waals surface area contributed by atoms with Crippen molar-refractivity contribution >= 4 is 11.7 Å². The van der Waals surface area contributed by atoms with Gasteiger partial charge in [-0.2, -0.15) is 0 Å². The van der Waals surface area contributed by atoms with Crippen LogP contribution in [-0.2, 0) is 6.54 Å². The van der Waals surface area contributed by atoms with E-state index in [4.69, 9.17) is 0 Å². The summed E-state index contributed by atoms with van der Waals surface area (Å²) in [6, 6.07) is 20.1. The Labute approximate surface area is 149 Å².